The molecule has 0 bridgehead atoms. The lowest BCUT2D eigenvalue weighted by Crippen LogP contribution is -2.57. The topological polar surface area (TPSA) is 26.8 Å². The molecule has 4 rings (SSSR count). The SMILES string of the molecule is CCCC(=O)CN(C)CN(c1ccccc1)C1(C)CCN(CCC(c2ccccc2)c2ccccc2)CC1. The minimum Gasteiger partial charge on any atom is -0.353 e. The van der Waals surface area contributed by atoms with E-state index >= 15 is 0 Å². The van der Waals surface area contributed by atoms with E-state index in [2.05, 4.69) is 127 Å². The summed E-state index contributed by atoms with van der Waals surface area (Å²) in [4.78, 5) is 19.7. The van der Waals surface area contributed by atoms with Crippen molar-refractivity contribution in [2.75, 3.05) is 44.8 Å². The van der Waals surface area contributed by atoms with Gasteiger partial charge in [-0.25, -0.2) is 0 Å². The van der Waals surface area contributed by atoms with Gasteiger partial charge in [0.2, 0.25) is 0 Å². The number of anilines is 1. The van der Waals surface area contributed by atoms with Gasteiger partial charge in [-0.15, -0.1) is 0 Å². The van der Waals surface area contributed by atoms with Gasteiger partial charge in [-0.2, -0.15) is 0 Å². The minimum absolute atomic E-state index is 0.0537. The first kappa shape index (κ1) is 28.1. The quantitative estimate of drug-likeness (QED) is 0.235. The summed E-state index contributed by atoms with van der Waals surface area (Å²) >= 11 is 0. The average molecular weight is 512 g/mol. The molecule has 1 heterocycles. The van der Waals surface area contributed by atoms with Gasteiger partial charge in [-0.05, 0) is 69.5 Å². The molecular weight excluding hydrogens is 466 g/mol. The summed E-state index contributed by atoms with van der Waals surface area (Å²) in [6.45, 7) is 9.05. The summed E-state index contributed by atoms with van der Waals surface area (Å²) < 4.78 is 0. The third kappa shape index (κ3) is 7.55. The predicted molar refractivity (Wildman–Crippen MR) is 160 cm³/mol. The van der Waals surface area contributed by atoms with E-state index in [1.807, 2.05) is 0 Å². The molecule has 202 valence electrons. The summed E-state index contributed by atoms with van der Waals surface area (Å²) in [5, 5.41) is 0. The Morgan fingerprint density at radius 1 is 0.868 bits per heavy atom. The molecule has 1 aliphatic heterocycles. The number of carbonyl (C=O) groups is 1. The zero-order valence-electron chi connectivity index (χ0n) is 23.6. The predicted octanol–water partition coefficient (Wildman–Crippen LogP) is 6.83. The zero-order chi connectivity index (χ0) is 26.8. The van der Waals surface area contributed by atoms with Gasteiger partial charge >= 0.3 is 0 Å². The number of ketones is 1. The van der Waals surface area contributed by atoms with Crippen molar-refractivity contribution in [1.29, 1.82) is 0 Å². The molecule has 0 saturated carbocycles. The van der Waals surface area contributed by atoms with Crippen LogP contribution < -0.4 is 4.90 Å². The molecule has 4 nitrogen and oxygen atoms in total. The highest BCUT2D eigenvalue weighted by Gasteiger charge is 2.36. The van der Waals surface area contributed by atoms with Crippen LogP contribution in [0.5, 0.6) is 0 Å². The number of piperidine rings is 1. The second-order valence-corrected chi connectivity index (χ2v) is 11.2. The van der Waals surface area contributed by atoms with E-state index in [1.54, 1.807) is 0 Å². The van der Waals surface area contributed by atoms with E-state index in [9.17, 15) is 4.79 Å². The molecule has 1 saturated heterocycles. The van der Waals surface area contributed by atoms with Gasteiger partial charge in [-0.3, -0.25) is 9.69 Å². The van der Waals surface area contributed by atoms with Gasteiger partial charge in [0.15, 0.2) is 0 Å². The van der Waals surface area contributed by atoms with Crippen molar-refractivity contribution in [3.05, 3.63) is 102 Å². The lowest BCUT2D eigenvalue weighted by molar-refractivity contribution is -0.120. The van der Waals surface area contributed by atoms with Gasteiger partial charge in [0.25, 0.3) is 0 Å². The maximum Gasteiger partial charge on any atom is 0.146 e. The standard InChI is InChI=1S/C34H45N3O/c1-4-14-32(38)27-35(3)28-37(31-19-12-7-13-20-31)34(2)22-25-36(26-23-34)24-21-33(29-15-8-5-9-16-29)30-17-10-6-11-18-30/h5-13,15-20,33H,4,14,21-28H2,1-3H3. The largest absolute Gasteiger partial charge is 0.353 e. The number of likely N-dealkylation sites (N-methyl/N-ethyl adjacent to an activating group) is 1. The number of Topliss-reactive ketones (excluding diaryl/α,β-unsaturated/α-hetero) is 1. The third-order valence-corrected chi connectivity index (χ3v) is 8.15. The fourth-order valence-electron chi connectivity index (χ4n) is 5.86. The summed E-state index contributed by atoms with van der Waals surface area (Å²) in [6, 6.07) is 32.6. The molecular formula is C34H45N3O. The second kappa shape index (κ2) is 13.7. The summed E-state index contributed by atoms with van der Waals surface area (Å²) in [5.74, 6) is 0.746. The van der Waals surface area contributed by atoms with Crippen molar-refractivity contribution in [2.24, 2.45) is 0 Å². The fraction of sp³-hybridized carbons (Fsp3) is 0.441. The molecule has 1 fully saturated rings. The van der Waals surface area contributed by atoms with Crippen LogP contribution in [0.25, 0.3) is 0 Å². The third-order valence-electron chi connectivity index (χ3n) is 8.15. The Hall–Kier alpha value is -2.95. The van der Waals surface area contributed by atoms with E-state index in [1.165, 1.54) is 16.8 Å². The van der Waals surface area contributed by atoms with Crippen molar-refractivity contribution >= 4 is 11.5 Å². The molecule has 0 spiro atoms. The van der Waals surface area contributed by atoms with E-state index in [0.29, 0.717) is 24.7 Å². The van der Waals surface area contributed by atoms with Crippen molar-refractivity contribution in [2.45, 2.75) is 57.4 Å². The van der Waals surface area contributed by atoms with Crippen LogP contribution in [0.1, 0.15) is 63.0 Å². The fourth-order valence-corrected chi connectivity index (χ4v) is 5.86. The Bertz CT molecular complexity index is 1050. The van der Waals surface area contributed by atoms with Crippen LogP contribution in [-0.4, -0.2) is 61.0 Å². The van der Waals surface area contributed by atoms with Gasteiger partial charge < -0.3 is 9.80 Å². The monoisotopic (exact) mass is 511 g/mol. The molecule has 1 aliphatic rings. The van der Waals surface area contributed by atoms with Crippen LogP contribution in [0.2, 0.25) is 0 Å². The Labute approximate surface area is 230 Å². The number of benzene rings is 3. The van der Waals surface area contributed by atoms with Crippen LogP contribution >= 0.6 is 0 Å². The number of hydrogen-bond acceptors (Lipinski definition) is 4. The van der Waals surface area contributed by atoms with Gasteiger partial charge in [0.1, 0.15) is 5.78 Å². The van der Waals surface area contributed by atoms with E-state index in [0.717, 1.165) is 52.0 Å². The summed E-state index contributed by atoms with van der Waals surface area (Å²) in [5.41, 5.74) is 4.09. The number of likely N-dealkylation sites (tertiary alicyclic amines) is 1. The highest BCUT2D eigenvalue weighted by molar-refractivity contribution is 5.80. The Balaban J connectivity index is 1.41. The van der Waals surface area contributed by atoms with Gasteiger partial charge in [0, 0.05) is 36.7 Å². The molecule has 3 aromatic rings. The van der Waals surface area contributed by atoms with Crippen LogP contribution in [0.15, 0.2) is 91.0 Å². The zero-order valence-corrected chi connectivity index (χ0v) is 23.6. The molecule has 0 N–H and O–H groups in total. The number of hydrogen-bond donors (Lipinski definition) is 0. The average Bonchev–Trinajstić information content (AvgIpc) is 2.94. The Kier molecular flexibility index (Phi) is 10.1. The molecule has 0 aromatic heterocycles. The number of carbonyl (C=O) groups excluding carboxylic acids is 1. The maximum absolute atomic E-state index is 12.3. The molecule has 38 heavy (non-hydrogen) atoms. The molecule has 0 unspecified atom stereocenters. The summed E-state index contributed by atoms with van der Waals surface area (Å²) in [6.07, 6.45) is 4.92. The van der Waals surface area contributed by atoms with Crippen molar-refractivity contribution in [3.8, 4) is 0 Å². The van der Waals surface area contributed by atoms with Gasteiger partial charge in [-0.1, -0.05) is 85.8 Å². The first-order valence-corrected chi connectivity index (χ1v) is 14.3. The van der Waals surface area contributed by atoms with Crippen molar-refractivity contribution in [1.82, 2.24) is 9.80 Å². The molecule has 0 atom stereocenters. The first-order chi connectivity index (χ1) is 18.5. The van der Waals surface area contributed by atoms with Crippen LogP contribution in [0, 0.1) is 0 Å². The molecule has 3 aromatic carbocycles. The Morgan fingerprint density at radius 3 is 1.92 bits per heavy atom. The van der Waals surface area contributed by atoms with Crippen LogP contribution in [0.3, 0.4) is 0 Å². The summed E-state index contributed by atoms with van der Waals surface area (Å²) in [7, 11) is 2.08. The van der Waals surface area contributed by atoms with Crippen LogP contribution in [-0.2, 0) is 4.79 Å². The van der Waals surface area contributed by atoms with Crippen LogP contribution in [0.4, 0.5) is 5.69 Å². The molecule has 0 radical (unpaired) electrons. The highest BCUT2D eigenvalue weighted by atomic mass is 16.1. The lowest BCUT2D eigenvalue weighted by atomic mass is 9.85. The number of rotatable bonds is 13. The van der Waals surface area contributed by atoms with E-state index < -0.39 is 0 Å². The van der Waals surface area contributed by atoms with E-state index in [4.69, 9.17) is 0 Å². The minimum atomic E-state index is 0.0537. The second-order valence-electron chi connectivity index (χ2n) is 11.2. The van der Waals surface area contributed by atoms with Crippen molar-refractivity contribution < 1.29 is 4.79 Å². The molecule has 4 heteroatoms. The normalized spacial score (nSPS) is 15.6. The number of nitrogens with zero attached hydrogens (tertiary/aromatic N) is 3. The van der Waals surface area contributed by atoms with E-state index in [-0.39, 0.29) is 5.54 Å². The lowest BCUT2D eigenvalue weighted by Gasteiger charge is -2.49. The molecule has 0 amide bonds. The van der Waals surface area contributed by atoms with Gasteiger partial charge in [0.05, 0.1) is 13.2 Å². The molecule has 0 aliphatic carbocycles. The number of para-hydroxylation sites is 1. The first-order valence-electron chi connectivity index (χ1n) is 14.3. The maximum atomic E-state index is 12.3. The Morgan fingerprint density at radius 2 is 1.39 bits per heavy atom. The van der Waals surface area contributed by atoms with Crippen molar-refractivity contribution in [3.63, 3.8) is 0 Å². The highest BCUT2D eigenvalue weighted by Crippen LogP contribution is 2.34. The smallest absolute Gasteiger partial charge is 0.146 e.